The van der Waals surface area contributed by atoms with Crippen molar-refractivity contribution in [2.75, 3.05) is 13.1 Å². The van der Waals surface area contributed by atoms with Gasteiger partial charge in [-0.2, -0.15) is 0 Å². The summed E-state index contributed by atoms with van der Waals surface area (Å²) >= 11 is 5.92. The molecule has 1 saturated heterocycles. The molecule has 2 saturated carbocycles. The minimum atomic E-state index is -1.13. The normalized spacial score (nSPS) is 25.5. The zero-order chi connectivity index (χ0) is 25.5. The van der Waals surface area contributed by atoms with E-state index in [0.717, 1.165) is 38.2 Å². The van der Waals surface area contributed by atoms with Crippen LogP contribution >= 0.6 is 11.6 Å². The smallest absolute Gasteiger partial charge is 0.261 e. The first-order valence-corrected chi connectivity index (χ1v) is 13.9. The molecule has 1 aromatic heterocycles. The summed E-state index contributed by atoms with van der Waals surface area (Å²) in [5.41, 5.74) is -1.67. The zero-order valence-corrected chi connectivity index (χ0v) is 21.9. The lowest BCUT2D eigenvalue weighted by molar-refractivity contribution is -0.163. The molecule has 5 rings (SSSR count). The lowest BCUT2D eigenvalue weighted by Gasteiger charge is -2.52. The lowest BCUT2D eigenvalue weighted by Crippen LogP contribution is -2.62. The van der Waals surface area contributed by atoms with Crippen LogP contribution in [0.4, 0.5) is 4.39 Å². The molecule has 2 atom stereocenters. The molecule has 2 aromatic rings. The van der Waals surface area contributed by atoms with Crippen LogP contribution in [0.2, 0.25) is 5.02 Å². The molecule has 1 N–H and O–H groups in total. The van der Waals surface area contributed by atoms with E-state index in [2.05, 4.69) is 11.9 Å². The number of rotatable bonds is 5. The summed E-state index contributed by atoms with van der Waals surface area (Å²) in [5.74, 6) is 0.228. The number of aromatic nitrogens is 2. The minimum absolute atomic E-state index is 0.00445. The molecule has 3 fully saturated rings. The van der Waals surface area contributed by atoms with Crippen molar-refractivity contribution >= 4 is 28.4 Å². The summed E-state index contributed by atoms with van der Waals surface area (Å²) in [4.78, 5) is 33.0. The van der Waals surface area contributed by atoms with Gasteiger partial charge in [0, 0.05) is 30.5 Å². The van der Waals surface area contributed by atoms with E-state index in [1.54, 1.807) is 0 Å². The molecule has 1 aliphatic heterocycles. The Balaban J connectivity index is 1.36. The van der Waals surface area contributed by atoms with Gasteiger partial charge in [-0.05, 0) is 37.7 Å². The number of carbonyl (C=O) groups excluding carboxylic acids is 1. The highest BCUT2D eigenvalue weighted by Gasteiger charge is 2.55. The van der Waals surface area contributed by atoms with Crippen LogP contribution < -0.4 is 5.56 Å². The Labute approximate surface area is 216 Å². The third-order valence-corrected chi connectivity index (χ3v) is 9.57. The van der Waals surface area contributed by atoms with Crippen molar-refractivity contribution in [2.45, 2.75) is 89.7 Å². The van der Waals surface area contributed by atoms with E-state index >= 15 is 0 Å². The summed E-state index contributed by atoms with van der Waals surface area (Å²) in [6.45, 7) is 3.18. The summed E-state index contributed by atoms with van der Waals surface area (Å²) < 4.78 is 15.3. The fourth-order valence-corrected chi connectivity index (χ4v) is 7.33. The van der Waals surface area contributed by atoms with Crippen LogP contribution in [0.3, 0.4) is 0 Å². The molecular weight excluding hydrogens is 481 g/mol. The van der Waals surface area contributed by atoms with E-state index in [0.29, 0.717) is 25.4 Å². The van der Waals surface area contributed by atoms with Crippen LogP contribution in [0.25, 0.3) is 10.9 Å². The predicted molar refractivity (Wildman–Crippen MR) is 138 cm³/mol. The molecule has 1 aromatic carbocycles. The van der Waals surface area contributed by atoms with Gasteiger partial charge in [-0.1, -0.05) is 63.5 Å². The standard InChI is InChI=1S/C28H37ClFN3O3/c1-19(13-20-7-3-2-4-8-20)25(34)32-12-11-28(36,27(16-32)9-5-6-10-27)17-33-18-31-24-15-23(30)22(29)14-21(24)26(33)35/h14-15,18-20,36H,2-13,16-17H2,1H3. The average Bonchev–Trinajstić information content (AvgIpc) is 3.34. The van der Waals surface area contributed by atoms with Gasteiger partial charge in [0.05, 0.1) is 34.4 Å². The first-order chi connectivity index (χ1) is 17.2. The fraction of sp³-hybridized carbons (Fsp3) is 0.679. The Bertz CT molecular complexity index is 1190. The first-order valence-electron chi connectivity index (χ1n) is 13.6. The Kier molecular flexibility index (Phi) is 7.16. The van der Waals surface area contributed by atoms with Gasteiger partial charge < -0.3 is 10.0 Å². The van der Waals surface area contributed by atoms with Gasteiger partial charge in [-0.3, -0.25) is 14.2 Å². The molecule has 36 heavy (non-hydrogen) atoms. The van der Waals surface area contributed by atoms with Crippen LogP contribution in [0.5, 0.6) is 0 Å². The molecule has 1 amide bonds. The minimum Gasteiger partial charge on any atom is -0.387 e. The van der Waals surface area contributed by atoms with Gasteiger partial charge in [0.2, 0.25) is 5.91 Å². The Hall–Kier alpha value is -1.99. The molecule has 3 aliphatic rings. The number of benzene rings is 1. The van der Waals surface area contributed by atoms with Crippen LogP contribution in [0.15, 0.2) is 23.3 Å². The van der Waals surface area contributed by atoms with Crippen molar-refractivity contribution in [3.8, 4) is 0 Å². The van der Waals surface area contributed by atoms with E-state index in [-0.39, 0.29) is 39.9 Å². The van der Waals surface area contributed by atoms with Crippen molar-refractivity contribution in [3.05, 3.63) is 39.7 Å². The van der Waals surface area contributed by atoms with Crippen LogP contribution in [-0.2, 0) is 11.3 Å². The molecule has 6 nitrogen and oxygen atoms in total. The monoisotopic (exact) mass is 517 g/mol. The van der Waals surface area contributed by atoms with E-state index in [4.69, 9.17) is 11.6 Å². The van der Waals surface area contributed by atoms with Crippen molar-refractivity contribution in [1.82, 2.24) is 14.5 Å². The summed E-state index contributed by atoms with van der Waals surface area (Å²) in [6.07, 6.45) is 12.7. The van der Waals surface area contributed by atoms with Gasteiger partial charge in [0.25, 0.3) is 5.56 Å². The van der Waals surface area contributed by atoms with E-state index in [1.807, 2.05) is 4.90 Å². The van der Waals surface area contributed by atoms with Crippen molar-refractivity contribution in [2.24, 2.45) is 17.3 Å². The number of aliphatic hydroxyl groups is 1. The molecule has 8 heteroatoms. The van der Waals surface area contributed by atoms with Crippen molar-refractivity contribution < 1.29 is 14.3 Å². The topological polar surface area (TPSA) is 75.4 Å². The largest absolute Gasteiger partial charge is 0.387 e. The van der Waals surface area contributed by atoms with Crippen LogP contribution in [-0.4, -0.2) is 44.2 Å². The number of fused-ring (bicyclic) bond motifs is 1. The average molecular weight is 518 g/mol. The molecule has 1 spiro atoms. The van der Waals surface area contributed by atoms with Gasteiger partial charge in [-0.15, -0.1) is 0 Å². The molecule has 0 bridgehead atoms. The molecule has 2 unspecified atom stereocenters. The Morgan fingerprint density at radius 3 is 2.64 bits per heavy atom. The van der Waals surface area contributed by atoms with Gasteiger partial charge in [0.15, 0.2) is 0 Å². The fourth-order valence-electron chi connectivity index (χ4n) is 7.17. The number of halogens is 2. The Morgan fingerprint density at radius 1 is 1.19 bits per heavy atom. The number of carbonyl (C=O) groups is 1. The maximum Gasteiger partial charge on any atom is 0.261 e. The third kappa shape index (κ3) is 4.69. The lowest BCUT2D eigenvalue weighted by atomic mass is 9.65. The third-order valence-electron chi connectivity index (χ3n) is 9.28. The Morgan fingerprint density at radius 2 is 1.92 bits per heavy atom. The molecule has 2 aliphatic carbocycles. The van der Waals surface area contributed by atoms with E-state index in [9.17, 15) is 19.1 Å². The molecular formula is C28H37ClFN3O3. The van der Waals surface area contributed by atoms with Gasteiger partial charge >= 0.3 is 0 Å². The van der Waals surface area contributed by atoms with Crippen LogP contribution in [0, 0.1) is 23.1 Å². The number of nitrogens with zero attached hydrogens (tertiary/aromatic N) is 3. The maximum absolute atomic E-state index is 13.9. The highest BCUT2D eigenvalue weighted by Crippen LogP contribution is 2.51. The van der Waals surface area contributed by atoms with Gasteiger partial charge in [0.1, 0.15) is 5.82 Å². The van der Waals surface area contributed by atoms with E-state index < -0.39 is 16.8 Å². The predicted octanol–water partition coefficient (Wildman–Crippen LogP) is 5.32. The summed E-state index contributed by atoms with van der Waals surface area (Å²) in [5, 5.41) is 12.2. The highest BCUT2D eigenvalue weighted by molar-refractivity contribution is 6.31. The van der Waals surface area contributed by atoms with E-state index in [1.165, 1.54) is 49.1 Å². The van der Waals surface area contributed by atoms with Crippen molar-refractivity contribution in [3.63, 3.8) is 0 Å². The van der Waals surface area contributed by atoms with Crippen molar-refractivity contribution in [1.29, 1.82) is 0 Å². The summed E-state index contributed by atoms with van der Waals surface area (Å²) in [6, 6.07) is 2.47. The maximum atomic E-state index is 13.9. The molecule has 196 valence electrons. The number of amides is 1. The quantitative estimate of drug-likeness (QED) is 0.582. The van der Waals surface area contributed by atoms with Crippen LogP contribution in [0.1, 0.15) is 77.6 Å². The van der Waals surface area contributed by atoms with Gasteiger partial charge in [-0.25, -0.2) is 9.37 Å². The molecule has 0 radical (unpaired) electrons. The second-order valence-electron chi connectivity index (χ2n) is 11.6. The number of piperidine rings is 1. The number of hydrogen-bond donors (Lipinski definition) is 1. The SMILES string of the molecule is CC(CC1CCCCC1)C(=O)N1CCC(O)(Cn2cnc3cc(F)c(Cl)cc3c2=O)C2(CCCC2)C1. The summed E-state index contributed by atoms with van der Waals surface area (Å²) in [7, 11) is 0. The second-order valence-corrected chi connectivity index (χ2v) is 12.0. The molecule has 2 heterocycles. The first kappa shape index (κ1) is 25.7. The number of hydrogen-bond acceptors (Lipinski definition) is 4. The second kappa shape index (κ2) is 10.1. The zero-order valence-electron chi connectivity index (χ0n) is 21.1. The highest BCUT2D eigenvalue weighted by atomic mass is 35.5. The number of likely N-dealkylation sites (tertiary alicyclic amines) is 1.